The van der Waals surface area contributed by atoms with E-state index in [-0.39, 0.29) is 0 Å². The Bertz CT molecular complexity index is 479. The van der Waals surface area contributed by atoms with Gasteiger partial charge in [0.2, 0.25) is 0 Å². The van der Waals surface area contributed by atoms with Gasteiger partial charge >= 0.3 is 0 Å². The molecule has 0 aliphatic rings. The third kappa shape index (κ3) is 1.52. The van der Waals surface area contributed by atoms with Crippen molar-refractivity contribution in [2.75, 3.05) is 0 Å². The lowest BCUT2D eigenvalue weighted by Gasteiger charge is -2.03. The molecule has 0 unspecified atom stereocenters. The Balaban J connectivity index is 2.68. The summed E-state index contributed by atoms with van der Waals surface area (Å²) in [4.78, 5) is 6.20. The molecule has 2 nitrogen and oxygen atoms in total. The summed E-state index contributed by atoms with van der Waals surface area (Å²) in [5.74, 6) is 0.557. The van der Waals surface area contributed by atoms with Crippen LogP contribution in [0.4, 0.5) is 0 Å². The van der Waals surface area contributed by atoms with Crippen LogP contribution in [-0.4, -0.2) is 9.97 Å². The smallest absolute Gasteiger partial charge is 0.175 e. The van der Waals surface area contributed by atoms with Crippen LogP contribution in [0.5, 0.6) is 0 Å². The van der Waals surface area contributed by atoms with Crippen molar-refractivity contribution in [2.24, 2.45) is 0 Å². The summed E-state index contributed by atoms with van der Waals surface area (Å²) in [6.07, 6.45) is 0. The number of hydrogen-bond acceptors (Lipinski definition) is 1. The van der Waals surface area contributed by atoms with E-state index in [1.54, 1.807) is 0 Å². The molecule has 0 saturated heterocycles. The van der Waals surface area contributed by atoms with Gasteiger partial charge in [-0.05, 0) is 35.8 Å². The van der Waals surface area contributed by atoms with E-state index < -0.39 is 0 Å². The molecule has 3 heteroatoms. The zero-order valence-corrected chi connectivity index (χ0v) is 8.53. The predicted molar refractivity (Wildman–Crippen MR) is 57.6 cm³/mol. The molecule has 68 valence electrons. The zero-order valence-electron chi connectivity index (χ0n) is 7.72. The first-order chi connectivity index (χ1) is 6.16. The molecular formula is C10H12N2S. The number of hydrogen-bond donors (Lipinski definition) is 2. The maximum absolute atomic E-state index is 5.01. The third-order valence-corrected chi connectivity index (χ3v) is 2.41. The molecule has 0 aliphatic heterocycles. The van der Waals surface area contributed by atoms with E-state index in [0.717, 1.165) is 11.0 Å². The van der Waals surface area contributed by atoms with E-state index in [0.29, 0.717) is 10.7 Å². The molecule has 1 aromatic heterocycles. The first-order valence-electron chi connectivity index (χ1n) is 4.39. The zero-order chi connectivity index (χ0) is 9.42. The third-order valence-electron chi connectivity index (χ3n) is 2.21. The summed E-state index contributed by atoms with van der Waals surface area (Å²) >= 11 is 5.01. The maximum atomic E-state index is 5.01. The molecule has 0 amide bonds. The van der Waals surface area contributed by atoms with Gasteiger partial charge in [-0.15, -0.1) is 0 Å². The highest BCUT2D eigenvalue weighted by Gasteiger charge is 2.01. The van der Waals surface area contributed by atoms with Gasteiger partial charge < -0.3 is 9.97 Å². The average Bonchev–Trinajstić information content (AvgIpc) is 2.42. The van der Waals surface area contributed by atoms with Crippen molar-refractivity contribution in [2.45, 2.75) is 19.8 Å². The molecular weight excluding hydrogens is 180 g/mol. The van der Waals surface area contributed by atoms with Crippen LogP contribution in [0.15, 0.2) is 18.2 Å². The van der Waals surface area contributed by atoms with Gasteiger partial charge in [0.25, 0.3) is 0 Å². The van der Waals surface area contributed by atoms with Crippen LogP contribution in [0.3, 0.4) is 0 Å². The molecule has 0 saturated carbocycles. The van der Waals surface area contributed by atoms with Crippen molar-refractivity contribution >= 4 is 23.3 Å². The molecule has 0 aliphatic carbocycles. The van der Waals surface area contributed by atoms with Gasteiger partial charge in [0.05, 0.1) is 11.0 Å². The molecule has 1 heterocycles. The summed E-state index contributed by atoms with van der Waals surface area (Å²) in [5, 5.41) is 0. The van der Waals surface area contributed by atoms with Crippen LogP contribution >= 0.6 is 12.2 Å². The quantitative estimate of drug-likeness (QED) is 0.667. The van der Waals surface area contributed by atoms with Gasteiger partial charge in [0.1, 0.15) is 0 Å². The SMILES string of the molecule is CC(C)c1ccc2[nH]c(=S)[nH]c2c1. The summed E-state index contributed by atoms with van der Waals surface area (Å²) in [6.45, 7) is 4.37. The standard InChI is InChI=1S/C10H12N2S/c1-6(2)7-3-4-8-9(5-7)12-10(13)11-8/h3-6H,1-2H3,(H2,11,12,13). The summed E-state index contributed by atoms with van der Waals surface area (Å²) < 4.78 is 0.691. The highest BCUT2D eigenvalue weighted by molar-refractivity contribution is 7.71. The Morgan fingerprint density at radius 2 is 1.85 bits per heavy atom. The molecule has 1 aromatic carbocycles. The maximum Gasteiger partial charge on any atom is 0.175 e. The first-order valence-corrected chi connectivity index (χ1v) is 4.79. The van der Waals surface area contributed by atoms with E-state index in [4.69, 9.17) is 12.2 Å². The highest BCUT2D eigenvalue weighted by Crippen LogP contribution is 2.18. The Hall–Kier alpha value is -1.09. The van der Waals surface area contributed by atoms with Crippen molar-refractivity contribution < 1.29 is 0 Å². The van der Waals surface area contributed by atoms with Crippen LogP contribution in [0.2, 0.25) is 0 Å². The van der Waals surface area contributed by atoms with E-state index in [1.165, 1.54) is 5.56 Å². The van der Waals surface area contributed by atoms with E-state index >= 15 is 0 Å². The van der Waals surface area contributed by atoms with Crippen molar-refractivity contribution in [3.63, 3.8) is 0 Å². The number of H-pyrrole nitrogens is 2. The number of aromatic amines is 2. The van der Waals surface area contributed by atoms with Crippen LogP contribution < -0.4 is 0 Å². The van der Waals surface area contributed by atoms with Crippen LogP contribution in [0.1, 0.15) is 25.3 Å². The fraction of sp³-hybridized carbons (Fsp3) is 0.300. The summed E-state index contributed by atoms with van der Waals surface area (Å²) in [5.41, 5.74) is 3.50. The monoisotopic (exact) mass is 192 g/mol. The van der Waals surface area contributed by atoms with Crippen molar-refractivity contribution in [3.05, 3.63) is 28.5 Å². The second-order valence-electron chi connectivity index (χ2n) is 3.54. The van der Waals surface area contributed by atoms with Gasteiger partial charge in [-0.2, -0.15) is 0 Å². The topological polar surface area (TPSA) is 31.6 Å². The van der Waals surface area contributed by atoms with Crippen LogP contribution in [-0.2, 0) is 0 Å². The number of nitrogens with one attached hydrogen (secondary N) is 2. The molecule has 0 bridgehead atoms. The van der Waals surface area contributed by atoms with Crippen LogP contribution in [0.25, 0.3) is 11.0 Å². The second-order valence-corrected chi connectivity index (χ2v) is 3.95. The highest BCUT2D eigenvalue weighted by atomic mass is 32.1. The second kappa shape index (κ2) is 3.00. The minimum Gasteiger partial charge on any atom is -0.331 e. The minimum absolute atomic E-state index is 0.557. The lowest BCUT2D eigenvalue weighted by molar-refractivity contribution is 0.868. The summed E-state index contributed by atoms with van der Waals surface area (Å²) in [7, 11) is 0. The van der Waals surface area contributed by atoms with Gasteiger partial charge in [0, 0.05) is 0 Å². The number of imidazole rings is 1. The van der Waals surface area contributed by atoms with Gasteiger partial charge in [-0.1, -0.05) is 19.9 Å². The first kappa shape index (κ1) is 8.51. The molecule has 0 radical (unpaired) electrons. The van der Waals surface area contributed by atoms with E-state index in [2.05, 4.69) is 42.0 Å². The Kier molecular flexibility index (Phi) is 1.96. The lowest BCUT2D eigenvalue weighted by Crippen LogP contribution is -1.85. The Morgan fingerprint density at radius 3 is 2.54 bits per heavy atom. The van der Waals surface area contributed by atoms with E-state index in [1.807, 2.05) is 0 Å². The molecule has 13 heavy (non-hydrogen) atoms. The van der Waals surface area contributed by atoms with Crippen molar-refractivity contribution in [3.8, 4) is 0 Å². The largest absolute Gasteiger partial charge is 0.331 e. The fourth-order valence-corrected chi connectivity index (χ4v) is 1.63. The van der Waals surface area contributed by atoms with E-state index in [9.17, 15) is 0 Å². The minimum atomic E-state index is 0.557. The normalized spacial score (nSPS) is 11.3. The number of fused-ring (bicyclic) bond motifs is 1. The average molecular weight is 192 g/mol. The van der Waals surface area contributed by atoms with Crippen molar-refractivity contribution in [1.29, 1.82) is 0 Å². The molecule has 2 rings (SSSR count). The number of rotatable bonds is 1. The fourth-order valence-electron chi connectivity index (χ4n) is 1.41. The molecule has 0 fully saturated rings. The summed E-state index contributed by atoms with van der Waals surface area (Å²) in [6, 6.07) is 6.34. The molecule has 2 N–H and O–H groups in total. The molecule has 0 atom stereocenters. The van der Waals surface area contributed by atoms with Crippen molar-refractivity contribution in [1.82, 2.24) is 9.97 Å². The lowest BCUT2D eigenvalue weighted by atomic mass is 10.0. The number of benzene rings is 1. The predicted octanol–water partition coefficient (Wildman–Crippen LogP) is 3.35. The van der Waals surface area contributed by atoms with Crippen LogP contribution in [0, 0.1) is 4.77 Å². The molecule has 0 spiro atoms. The Morgan fingerprint density at radius 1 is 1.15 bits per heavy atom. The Labute approximate surface area is 82.0 Å². The van der Waals surface area contributed by atoms with Gasteiger partial charge in [-0.3, -0.25) is 0 Å². The van der Waals surface area contributed by atoms with Gasteiger partial charge in [0.15, 0.2) is 4.77 Å². The van der Waals surface area contributed by atoms with Gasteiger partial charge in [-0.25, -0.2) is 0 Å². The molecule has 2 aromatic rings. The number of aromatic nitrogens is 2.